The summed E-state index contributed by atoms with van der Waals surface area (Å²) in [5.74, 6) is 0.140. The number of nitrogens with one attached hydrogen (secondary N) is 1. The van der Waals surface area contributed by atoms with E-state index in [1.54, 1.807) is 18.7 Å². The summed E-state index contributed by atoms with van der Waals surface area (Å²) < 4.78 is 0. The zero-order chi connectivity index (χ0) is 11.3. The smallest absolute Gasteiger partial charge is 0.228 e. The van der Waals surface area contributed by atoms with E-state index >= 15 is 0 Å². The number of thioether (sulfide) groups is 1. The minimum absolute atomic E-state index is 0.0387. The Kier molecular flexibility index (Phi) is 4.99. The predicted octanol–water partition coefficient (Wildman–Crippen LogP) is 3.22. The van der Waals surface area contributed by atoms with Gasteiger partial charge in [0.1, 0.15) is 0 Å². The molecule has 4 heteroatoms. The number of hydrogen-bond donors (Lipinski definition) is 1. The number of rotatable bonds is 4. The van der Waals surface area contributed by atoms with Gasteiger partial charge in [-0.15, -0.1) is 23.4 Å². The zero-order valence-electron chi connectivity index (χ0n) is 8.79. The van der Waals surface area contributed by atoms with Gasteiger partial charge < -0.3 is 5.32 Å². The summed E-state index contributed by atoms with van der Waals surface area (Å²) in [4.78, 5) is 12.7. The number of anilines is 1. The molecule has 0 aliphatic carbocycles. The van der Waals surface area contributed by atoms with Crippen molar-refractivity contribution in [3.8, 4) is 0 Å². The topological polar surface area (TPSA) is 29.1 Å². The Bertz CT molecular complexity index is 343. The molecule has 0 aliphatic heterocycles. The van der Waals surface area contributed by atoms with Crippen molar-refractivity contribution in [3.63, 3.8) is 0 Å². The van der Waals surface area contributed by atoms with Crippen LogP contribution in [0.5, 0.6) is 0 Å². The van der Waals surface area contributed by atoms with Gasteiger partial charge in [-0.3, -0.25) is 4.79 Å². The van der Waals surface area contributed by atoms with Crippen LogP contribution in [0.3, 0.4) is 0 Å². The first kappa shape index (κ1) is 12.4. The number of benzene rings is 1. The normalized spacial score (nSPS) is 12.2. The molecule has 1 rings (SSSR count). The molecule has 0 spiro atoms. The van der Waals surface area contributed by atoms with E-state index in [1.165, 1.54) is 0 Å². The Balaban J connectivity index is 2.68. The highest BCUT2D eigenvalue weighted by Crippen LogP contribution is 2.19. The number of carbonyl (C=O) groups excluding carboxylic acids is 1. The third-order valence-electron chi connectivity index (χ3n) is 2.02. The molecule has 0 bridgehead atoms. The molecule has 1 atom stereocenters. The molecule has 0 radical (unpaired) electrons. The molecule has 0 fully saturated rings. The van der Waals surface area contributed by atoms with E-state index in [0.717, 1.165) is 10.6 Å². The van der Waals surface area contributed by atoms with Gasteiger partial charge >= 0.3 is 0 Å². The van der Waals surface area contributed by atoms with Gasteiger partial charge in [0.2, 0.25) is 5.91 Å². The van der Waals surface area contributed by atoms with Crippen LogP contribution in [0.15, 0.2) is 29.2 Å². The maximum Gasteiger partial charge on any atom is 0.228 e. The van der Waals surface area contributed by atoms with E-state index in [1.807, 2.05) is 30.5 Å². The lowest BCUT2D eigenvalue weighted by atomic mass is 10.2. The minimum atomic E-state index is -0.162. The number of carbonyl (C=O) groups is 1. The zero-order valence-corrected chi connectivity index (χ0v) is 10.4. The fraction of sp³-hybridized carbons (Fsp3) is 0.364. The van der Waals surface area contributed by atoms with Gasteiger partial charge in [0, 0.05) is 22.4 Å². The van der Waals surface area contributed by atoms with Crippen LogP contribution >= 0.6 is 23.4 Å². The number of hydrogen-bond acceptors (Lipinski definition) is 2. The fourth-order valence-corrected chi connectivity index (χ4v) is 1.64. The second-order valence-corrected chi connectivity index (χ2v) is 4.46. The van der Waals surface area contributed by atoms with Gasteiger partial charge in [-0.1, -0.05) is 13.0 Å². The Morgan fingerprint density at radius 2 is 2.33 bits per heavy atom. The van der Waals surface area contributed by atoms with Crippen molar-refractivity contribution in [3.05, 3.63) is 24.3 Å². The molecule has 15 heavy (non-hydrogen) atoms. The van der Waals surface area contributed by atoms with Crippen LogP contribution in [0.1, 0.15) is 6.92 Å². The first-order chi connectivity index (χ1) is 7.17. The van der Waals surface area contributed by atoms with Gasteiger partial charge in [-0.05, 0) is 24.5 Å². The van der Waals surface area contributed by atoms with Crippen LogP contribution in [0.4, 0.5) is 5.69 Å². The highest BCUT2D eigenvalue weighted by Gasteiger charge is 2.11. The molecular formula is C11H14ClNOS. The van der Waals surface area contributed by atoms with Crippen LogP contribution in [-0.2, 0) is 4.79 Å². The van der Waals surface area contributed by atoms with Crippen LogP contribution in [-0.4, -0.2) is 18.0 Å². The molecule has 1 unspecified atom stereocenters. The molecule has 0 aromatic heterocycles. The lowest BCUT2D eigenvalue weighted by molar-refractivity contribution is -0.118. The summed E-state index contributed by atoms with van der Waals surface area (Å²) in [7, 11) is 0. The van der Waals surface area contributed by atoms with Gasteiger partial charge in [0.15, 0.2) is 0 Å². The number of halogens is 1. The van der Waals surface area contributed by atoms with Crippen molar-refractivity contribution >= 4 is 35.0 Å². The molecule has 0 saturated carbocycles. The molecule has 1 aromatic carbocycles. The van der Waals surface area contributed by atoms with Crippen LogP contribution in [0, 0.1) is 5.92 Å². The summed E-state index contributed by atoms with van der Waals surface area (Å²) in [6.45, 7) is 1.81. The first-order valence-electron chi connectivity index (χ1n) is 4.68. The van der Waals surface area contributed by atoms with E-state index in [2.05, 4.69) is 5.32 Å². The number of alkyl halides is 1. The van der Waals surface area contributed by atoms with E-state index in [0.29, 0.717) is 5.88 Å². The van der Waals surface area contributed by atoms with Crippen molar-refractivity contribution in [1.29, 1.82) is 0 Å². The molecule has 1 amide bonds. The van der Waals surface area contributed by atoms with Crippen LogP contribution in [0.2, 0.25) is 0 Å². The van der Waals surface area contributed by atoms with Crippen molar-refractivity contribution in [2.45, 2.75) is 11.8 Å². The van der Waals surface area contributed by atoms with Gasteiger partial charge in [-0.2, -0.15) is 0 Å². The molecule has 0 aliphatic rings. The third-order valence-corrected chi connectivity index (χ3v) is 3.20. The van der Waals surface area contributed by atoms with Crippen molar-refractivity contribution < 1.29 is 4.79 Å². The third kappa shape index (κ3) is 3.76. The maximum absolute atomic E-state index is 11.5. The monoisotopic (exact) mass is 243 g/mol. The Labute approximate surface area is 99.4 Å². The standard InChI is InChI=1S/C11H14ClNOS/c1-8(7-12)11(14)13-9-4-3-5-10(6-9)15-2/h3-6,8H,7H2,1-2H3,(H,13,14). The van der Waals surface area contributed by atoms with E-state index < -0.39 is 0 Å². The van der Waals surface area contributed by atoms with Crippen molar-refractivity contribution in [1.82, 2.24) is 0 Å². The maximum atomic E-state index is 11.5. The average molecular weight is 244 g/mol. The molecule has 1 N–H and O–H groups in total. The summed E-state index contributed by atoms with van der Waals surface area (Å²) in [5.41, 5.74) is 0.823. The summed E-state index contributed by atoms with van der Waals surface area (Å²) in [5, 5.41) is 2.83. The van der Waals surface area contributed by atoms with Gasteiger partial charge in [0.25, 0.3) is 0 Å². The Hall–Kier alpha value is -0.670. The Morgan fingerprint density at radius 3 is 2.93 bits per heavy atom. The number of amides is 1. The highest BCUT2D eigenvalue weighted by molar-refractivity contribution is 7.98. The molecule has 2 nitrogen and oxygen atoms in total. The van der Waals surface area contributed by atoms with E-state index in [-0.39, 0.29) is 11.8 Å². The molecule has 82 valence electrons. The second kappa shape index (κ2) is 6.03. The summed E-state index contributed by atoms with van der Waals surface area (Å²) in [6, 6.07) is 7.75. The molecule has 0 heterocycles. The highest BCUT2D eigenvalue weighted by atomic mass is 35.5. The van der Waals surface area contributed by atoms with E-state index in [4.69, 9.17) is 11.6 Å². The van der Waals surface area contributed by atoms with Crippen LogP contribution < -0.4 is 5.32 Å². The summed E-state index contributed by atoms with van der Waals surface area (Å²) >= 11 is 7.25. The second-order valence-electron chi connectivity index (χ2n) is 3.28. The Morgan fingerprint density at radius 1 is 1.60 bits per heavy atom. The largest absolute Gasteiger partial charge is 0.326 e. The van der Waals surface area contributed by atoms with Crippen LogP contribution in [0.25, 0.3) is 0 Å². The lowest BCUT2D eigenvalue weighted by Crippen LogP contribution is -2.21. The quantitative estimate of drug-likeness (QED) is 0.650. The van der Waals surface area contributed by atoms with Gasteiger partial charge in [-0.25, -0.2) is 0 Å². The summed E-state index contributed by atoms with van der Waals surface area (Å²) in [6.07, 6.45) is 2.00. The predicted molar refractivity (Wildman–Crippen MR) is 66.7 cm³/mol. The fourth-order valence-electron chi connectivity index (χ4n) is 1.04. The molecular weight excluding hydrogens is 230 g/mol. The molecule has 0 saturated heterocycles. The van der Waals surface area contributed by atoms with Crippen molar-refractivity contribution in [2.24, 2.45) is 5.92 Å². The van der Waals surface area contributed by atoms with E-state index in [9.17, 15) is 4.79 Å². The van der Waals surface area contributed by atoms with Crippen molar-refractivity contribution in [2.75, 3.05) is 17.5 Å². The lowest BCUT2D eigenvalue weighted by Gasteiger charge is -2.09. The minimum Gasteiger partial charge on any atom is -0.326 e. The molecule has 1 aromatic rings. The SMILES string of the molecule is CSc1cccc(NC(=O)C(C)CCl)c1. The average Bonchev–Trinajstić information content (AvgIpc) is 2.28. The van der Waals surface area contributed by atoms with Gasteiger partial charge in [0.05, 0.1) is 0 Å². The first-order valence-corrected chi connectivity index (χ1v) is 6.44.